The van der Waals surface area contributed by atoms with Crippen LogP contribution < -0.4 is 4.74 Å². The summed E-state index contributed by atoms with van der Waals surface area (Å²) < 4.78 is 6.47. The van der Waals surface area contributed by atoms with Crippen molar-refractivity contribution in [1.29, 1.82) is 0 Å². The number of ether oxygens (including phenoxy) is 1. The number of thiazole rings is 1. The highest BCUT2D eigenvalue weighted by molar-refractivity contribution is 7.22. The Labute approximate surface area is 131 Å². The van der Waals surface area contributed by atoms with Gasteiger partial charge < -0.3 is 14.9 Å². The van der Waals surface area contributed by atoms with Crippen molar-refractivity contribution in [2.45, 2.75) is 6.92 Å². The van der Waals surface area contributed by atoms with Crippen LogP contribution in [0, 0.1) is 0 Å². The van der Waals surface area contributed by atoms with Gasteiger partial charge in [-0.3, -0.25) is 0 Å². The Morgan fingerprint density at radius 3 is 2.82 bits per heavy atom. The molecule has 1 aromatic heterocycles. The van der Waals surface area contributed by atoms with Crippen molar-refractivity contribution in [3.63, 3.8) is 0 Å². The van der Waals surface area contributed by atoms with E-state index in [2.05, 4.69) is 9.98 Å². The van der Waals surface area contributed by atoms with E-state index >= 15 is 0 Å². The molecule has 0 radical (unpaired) electrons. The maximum absolute atomic E-state index is 9.45. The van der Waals surface area contributed by atoms with Crippen LogP contribution in [0.3, 0.4) is 0 Å². The summed E-state index contributed by atoms with van der Waals surface area (Å²) in [5.74, 6) is 0.493. The van der Waals surface area contributed by atoms with Crippen LogP contribution in [0.15, 0.2) is 41.4 Å². The van der Waals surface area contributed by atoms with Gasteiger partial charge in [-0.15, -0.1) is 0 Å². The number of hydrogen-bond acceptors (Lipinski definition) is 6. The maximum Gasteiger partial charge on any atom is 0.210 e. The molecule has 3 aromatic rings. The molecule has 5 nitrogen and oxygen atoms in total. The lowest BCUT2D eigenvalue weighted by molar-refractivity contribution is 0.341. The molecule has 0 atom stereocenters. The average Bonchev–Trinajstić information content (AvgIpc) is 2.91. The van der Waals surface area contributed by atoms with Gasteiger partial charge in [0.2, 0.25) is 5.13 Å². The van der Waals surface area contributed by atoms with Crippen LogP contribution in [-0.2, 0) is 0 Å². The minimum Gasteiger partial charge on any atom is -0.504 e. The highest BCUT2D eigenvalue weighted by Crippen LogP contribution is 2.31. The molecule has 0 fully saturated rings. The van der Waals surface area contributed by atoms with Crippen molar-refractivity contribution in [2.75, 3.05) is 6.61 Å². The molecule has 0 aliphatic heterocycles. The van der Waals surface area contributed by atoms with E-state index in [1.54, 1.807) is 12.3 Å². The lowest BCUT2D eigenvalue weighted by Gasteiger charge is -2.00. The van der Waals surface area contributed by atoms with Crippen LogP contribution in [0.1, 0.15) is 12.5 Å². The van der Waals surface area contributed by atoms with Crippen LogP contribution in [0.5, 0.6) is 17.2 Å². The molecule has 112 valence electrons. The second-order valence-corrected chi connectivity index (χ2v) is 5.57. The molecule has 0 unspecified atom stereocenters. The first kappa shape index (κ1) is 14.3. The summed E-state index contributed by atoms with van der Waals surface area (Å²) in [5, 5.41) is 19.4. The van der Waals surface area contributed by atoms with Crippen molar-refractivity contribution in [2.24, 2.45) is 4.99 Å². The number of fused-ring (bicyclic) bond motifs is 1. The van der Waals surface area contributed by atoms with E-state index < -0.39 is 0 Å². The third-order valence-corrected chi connectivity index (χ3v) is 3.91. The summed E-state index contributed by atoms with van der Waals surface area (Å²) in [6, 6.07) is 10.3. The first-order chi connectivity index (χ1) is 10.7. The fourth-order valence-corrected chi connectivity index (χ4v) is 2.79. The van der Waals surface area contributed by atoms with Crippen LogP contribution >= 0.6 is 11.3 Å². The Morgan fingerprint density at radius 2 is 2.05 bits per heavy atom. The van der Waals surface area contributed by atoms with Gasteiger partial charge in [0.05, 0.1) is 16.8 Å². The monoisotopic (exact) mass is 314 g/mol. The van der Waals surface area contributed by atoms with E-state index in [0.29, 0.717) is 17.3 Å². The lowest BCUT2D eigenvalue weighted by atomic mass is 10.2. The Kier molecular flexibility index (Phi) is 3.93. The molecule has 0 bridgehead atoms. The van der Waals surface area contributed by atoms with E-state index in [-0.39, 0.29) is 11.5 Å². The maximum atomic E-state index is 9.45. The number of aromatic hydroxyl groups is 2. The predicted molar refractivity (Wildman–Crippen MR) is 87.8 cm³/mol. The number of benzene rings is 2. The van der Waals surface area contributed by atoms with Gasteiger partial charge in [-0.2, -0.15) is 0 Å². The number of phenols is 2. The van der Waals surface area contributed by atoms with Crippen molar-refractivity contribution < 1.29 is 14.9 Å². The summed E-state index contributed by atoms with van der Waals surface area (Å²) in [5.41, 5.74) is 1.55. The summed E-state index contributed by atoms with van der Waals surface area (Å²) in [4.78, 5) is 8.73. The average molecular weight is 314 g/mol. The first-order valence-electron chi connectivity index (χ1n) is 6.75. The molecule has 0 amide bonds. The second kappa shape index (κ2) is 6.03. The molecule has 0 aliphatic rings. The number of nitrogens with zero attached hydrogens (tertiary/aromatic N) is 2. The Morgan fingerprint density at radius 1 is 1.18 bits per heavy atom. The molecule has 0 saturated heterocycles. The van der Waals surface area contributed by atoms with Gasteiger partial charge in [0, 0.05) is 6.21 Å². The number of rotatable bonds is 4. The second-order valence-electron chi connectivity index (χ2n) is 4.57. The van der Waals surface area contributed by atoms with Crippen LogP contribution in [0.2, 0.25) is 0 Å². The number of aliphatic imine (C=N–C) groups is 1. The quantitative estimate of drug-likeness (QED) is 0.566. The Bertz CT molecular complexity index is 843. The molecule has 2 N–H and O–H groups in total. The van der Waals surface area contributed by atoms with Gasteiger partial charge in [0.25, 0.3) is 0 Å². The van der Waals surface area contributed by atoms with E-state index in [1.807, 2.05) is 25.1 Å². The number of hydrogen-bond donors (Lipinski definition) is 2. The van der Waals surface area contributed by atoms with E-state index in [0.717, 1.165) is 16.0 Å². The zero-order chi connectivity index (χ0) is 15.5. The third-order valence-electron chi connectivity index (χ3n) is 2.98. The molecule has 6 heteroatoms. The largest absolute Gasteiger partial charge is 0.504 e. The highest BCUT2D eigenvalue weighted by Gasteiger charge is 2.04. The highest BCUT2D eigenvalue weighted by atomic mass is 32.1. The standard InChI is InChI=1S/C16H14N2O3S/c1-2-21-11-4-5-12-15(8-11)22-16(18-12)17-9-10-3-6-13(19)14(20)7-10/h3-9,19-20H,2H2,1H3. The first-order valence-corrected chi connectivity index (χ1v) is 7.57. The summed E-state index contributed by atoms with van der Waals surface area (Å²) >= 11 is 1.46. The van der Waals surface area contributed by atoms with Crippen molar-refractivity contribution in [3.8, 4) is 17.2 Å². The van der Waals surface area contributed by atoms with Crippen LogP contribution in [0.25, 0.3) is 10.2 Å². The molecule has 0 aliphatic carbocycles. The summed E-state index contributed by atoms with van der Waals surface area (Å²) in [7, 11) is 0. The molecule has 0 spiro atoms. The Balaban J connectivity index is 1.86. The van der Waals surface area contributed by atoms with Gasteiger partial charge in [-0.05, 0) is 48.9 Å². The topological polar surface area (TPSA) is 74.9 Å². The minimum atomic E-state index is -0.172. The molecule has 22 heavy (non-hydrogen) atoms. The van der Waals surface area contributed by atoms with Crippen molar-refractivity contribution in [3.05, 3.63) is 42.0 Å². The Hall–Kier alpha value is -2.60. The van der Waals surface area contributed by atoms with E-state index in [1.165, 1.54) is 23.5 Å². The molecular formula is C16H14N2O3S. The molecule has 3 rings (SSSR count). The summed E-state index contributed by atoms with van der Waals surface area (Å²) in [6.07, 6.45) is 1.60. The van der Waals surface area contributed by atoms with Gasteiger partial charge in [-0.25, -0.2) is 9.98 Å². The van der Waals surface area contributed by atoms with Crippen LogP contribution in [0.4, 0.5) is 5.13 Å². The van der Waals surface area contributed by atoms with E-state index in [9.17, 15) is 10.2 Å². The minimum absolute atomic E-state index is 0.152. The fraction of sp³-hybridized carbons (Fsp3) is 0.125. The molecular weight excluding hydrogens is 300 g/mol. The zero-order valence-electron chi connectivity index (χ0n) is 11.9. The number of phenolic OH excluding ortho intramolecular Hbond substituents is 2. The zero-order valence-corrected chi connectivity index (χ0v) is 12.7. The fourth-order valence-electron chi connectivity index (χ4n) is 1.95. The van der Waals surface area contributed by atoms with Crippen molar-refractivity contribution in [1.82, 2.24) is 4.98 Å². The SMILES string of the molecule is CCOc1ccc2nc(N=Cc3ccc(O)c(O)c3)sc2c1. The van der Waals surface area contributed by atoms with Gasteiger partial charge in [0.1, 0.15) is 5.75 Å². The predicted octanol–water partition coefficient (Wildman–Crippen LogP) is 3.86. The third kappa shape index (κ3) is 3.01. The molecule has 0 saturated carbocycles. The van der Waals surface area contributed by atoms with Gasteiger partial charge in [-0.1, -0.05) is 11.3 Å². The number of aromatic nitrogens is 1. The lowest BCUT2D eigenvalue weighted by Crippen LogP contribution is -1.89. The molecule has 1 heterocycles. The van der Waals surface area contributed by atoms with Gasteiger partial charge in [0.15, 0.2) is 11.5 Å². The molecule has 2 aromatic carbocycles. The van der Waals surface area contributed by atoms with Crippen LogP contribution in [-0.4, -0.2) is 28.0 Å². The normalized spacial score (nSPS) is 11.3. The summed E-state index contributed by atoms with van der Waals surface area (Å²) in [6.45, 7) is 2.57. The van der Waals surface area contributed by atoms with Crippen molar-refractivity contribution >= 4 is 32.9 Å². The smallest absolute Gasteiger partial charge is 0.210 e. The van der Waals surface area contributed by atoms with E-state index in [4.69, 9.17) is 4.74 Å². The van der Waals surface area contributed by atoms with Gasteiger partial charge >= 0.3 is 0 Å².